The van der Waals surface area contributed by atoms with Crippen LogP contribution in [0.5, 0.6) is 0 Å². The Morgan fingerprint density at radius 3 is 0.769 bits per heavy atom. The number of fused-ring (bicyclic) bond motifs is 12. The summed E-state index contributed by atoms with van der Waals surface area (Å²) in [6.07, 6.45) is 40.7. The molecule has 3 aliphatic carbocycles. The number of hydrogen-bond donors (Lipinski definition) is 0. The molecule has 10 rings (SSSR count). The van der Waals surface area contributed by atoms with Crippen LogP contribution in [0.15, 0.2) is 106 Å². The normalized spacial score (nSPS) is 15.2. The molecule has 7 aromatic rings. The standard InChI is InChI=1S/C96H129N3O6S3/c1-16-22-28-34-52-94(53-35-29-23-17-2)76-46-40-67(79-49-43-70(106-79)61-97-88(64(7)8)91(100)103-13)58-73(76)82-85(94)83-74-59-68(80-50-44-71(107-80)62-98-89(65(9)10)92(101)104-14)41-47-77(74)95(54-36-30-24-18-3,55-37-31-25-19-4)87(83)84-75-60-69(81-51-45-72(108-81)63-99-90(66(11)12)93(102)105-15)42-48-78(75)96(86(82)84,56-38-32-26-20-5)57-39-33-27-21-6/h40-51,58-66,88-90H,16-39,52-57H2,1-15H3/t88-,89-,90-/m0/s1. The summed E-state index contributed by atoms with van der Waals surface area (Å²) in [5.74, 6) is -0.957. The van der Waals surface area contributed by atoms with Crippen molar-refractivity contribution in [3.05, 3.63) is 139 Å². The zero-order chi connectivity index (χ0) is 77.1. The summed E-state index contributed by atoms with van der Waals surface area (Å²) in [6, 6.07) is 35.1. The molecule has 3 aliphatic rings. The molecule has 3 heterocycles. The molecule has 108 heavy (non-hydrogen) atoms. The van der Waals surface area contributed by atoms with Crippen molar-refractivity contribution in [1.82, 2.24) is 0 Å². The van der Waals surface area contributed by atoms with Gasteiger partial charge in [0.15, 0.2) is 0 Å². The summed E-state index contributed by atoms with van der Waals surface area (Å²) in [6.45, 7) is 26.4. The number of methoxy groups -OCH3 is 3. The van der Waals surface area contributed by atoms with Crippen LogP contribution in [0.1, 0.15) is 324 Å². The Labute approximate surface area is 662 Å². The Hall–Kier alpha value is -6.60. The van der Waals surface area contributed by atoms with E-state index in [-0.39, 0.29) is 51.9 Å². The first-order chi connectivity index (χ1) is 52.4. The van der Waals surface area contributed by atoms with Gasteiger partial charge < -0.3 is 14.2 Å². The van der Waals surface area contributed by atoms with Gasteiger partial charge >= 0.3 is 17.9 Å². The Balaban J connectivity index is 1.40. The lowest BCUT2D eigenvalue weighted by Crippen LogP contribution is -2.31. The van der Waals surface area contributed by atoms with Gasteiger partial charge in [0, 0.05) is 64.2 Å². The number of thiophene rings is 3. The van der Waals surface area contributed by atoms with Crippen molar-refractivity contribution in [1.29, 1.82) is 0 Å². The predicted molar refractivity (Wildman–Crippen MR) is 462 cm³/mol. The first-order valence-corrected chi connectivity index (χ1v) is 44.7. The summed E-state index contributed by atoms with van der Waals surface area (Å²) in [4.78, 5) is 60.7. The van der Waals surface area contributed by atoms with Crippen LogP contribution in [0.3, 0.4) is 0 Å². The number of benzene rings is 4. The van der Waals surface area contributed by atoms with E-state index in [1.807, 2.05) is 60.2 Å². The summed E-state index contributed by atoms with van der Waals surface area (Å²) in [5.41, 5.74) is 21.2. The van der Waals surface area contributed by atoms with E-state index in [1.54, 1.807) is 50.7 Å². The van der Waals surface area contributed by atoms with Gasteiger partial charge in [-0.2, -0.15) is 0 Å². The summed E-state index contributed by atoms with van der Waals surface area (Å²) in [5, 5.41) is 0. The van der Waals surface area contributed by atoms with E-state index in [0.29, 0.717) is 0 Å². The molecule has 0 spiro atoms. The lowest BCUT2D eigenvalue weighted by Gasteiger charge is -2.39. The number of rotatable bonds is 45. The molecule has 0 saturated heterocycles. The number of hydrogen-bond acceptors (Lipinski definition) is 12. The monoisotopic (exact) mass is 1520 g/mol. The second-order valence-corrected chi connectivity index (χ2v) is 36.1. The first-order valence-electron chi connectivity index (χ1n) is 42.2. The van der Waals surface area contributed by atoms with Crippen molar-refractivity contribution in [3.8, 4) is 64.7 Å². The fourth-order valence-electron chi connectivity index (χ4n) is 18.5. The molecule has 0 saturated carbocycles. The van der Waals surface area contributed by atoms with Crippen molar-refractivity contribution in [2.75, 3.05) is 21.3 Å². The Morgan fingerprint density at radius 1 is 0.333 bits per heavy atom. The number of ether oxygens (including phenoxy) is 3. The van der Waals surface area contributed by atoms with Gasteiger partial charge in [-0.05, 0) is 194 Å². The maximum absolute atomic E-state index is 13.1. The van der Waals surface area contributed by atoms with Crippen molar-refractivity contribution in [2.45, 2.75) is 310 Å². The van der Waals surface area contributed by atoms with Gasteiger partial charge in [-0.3, -0.25) is 15.0 Å². The maximum atomic E-state index is 13.1. The zero-order valence-electron chi connectivity index (χ0n) is 68.6. The fourth-order valence-corrected chi connectivity index (χ4v) is 21.1. The van der Waals surface area contributed by atoms with Crippen LogP contribution in [0.4, 0.5) is 0 Å². The van der Waals surface area contributed by atoms with Gasteiger partial charge in [-0.15, -0.1) is 34.0 Å². The van der Waals surface area contributed by atoms with Gasteiger partial charge in [0.1, 0.15) is 18.1 Å². The number of esters is 3. The van der Waals surface area contributed by atoms with E-state index in [2.05, 4.69) is 133 Å². The Morgan fingerprint density at radius 2 is 0.565 bits per heavy atom. The molecule has 3 aromatic heterocycles. The quantitative estimate of drug-likeness (QED) is 0.0162. The van der Waals surface area contributed by atoms with Crippen LogP contribution in [-0.4, -0.2) is 76.0 Å². The third-order valence-corrected chi connectivity index (χ3v) is 27.3. The molecule has 0 radical (unpaired) electrons. The summed E-state index contributed by atoms with van der Waals surface area (Å²) >= 11 is 5.29. The lowest BCUT2D eigenvalue weighted by atomic mass is 9.63. The number of nitrogens with zero attached hydrogens (tertiary/aromatic N) is 3. The molecule has 12 heteroatoms. The predicted octanol–water partition coefficient (Wildman–Crippen LogP) is 27.3. The minimum atomic E-state index is -0.584. The first kappa shape index (κ1) is 83.9. The highest BCUT2D eigenvalue weighted by Crippen LogP contribution is 2.72. The van der Waals surface area contributed by atoms with Gasteiger partial charge in [0.25, 0.3) is 0 Å². The van der Waals surface area contributed by atoms with Crippen molar-refractivity contribution < 1.29 is 28.6 Å². The molecule has 0 aliphatic heterocycles. The minimum absolute atomic E-state index is 0.00940. The second-order valence-electron chi connectivity index (χ2n) is 32.7. The van der Waals surface area contributed by atoms with E-state index in [4.69, 9.17) is 29.2 Å². The molecule has 4 aromatic carbocycles. The van der Waals surface area contributed by atoms with Crippen LogP contribution in [0.2, 0.25) is 0 Å². The number of carbonyl (C=O) groups is 3. The third kappa shape index (κ3) is 18.1. The number of aliphatic imine (C=N–C) groups is 3. The van der Waals surface area contributed by atoms with Gasteiger partial charge in [-0.25, -0.2) is 14.4 Å². The molecule has 3 atom stereocenters. The van der Waals surface area contributed by atoms with Gasteiger partial charge in [0.05, 0.1) is 21.3 Å². The molecule has 0 fully saturated rings. The van der Waals surface area contributed by atoms with Crippen LogP contribution >= 0.6 is 34.0 Å². The van der Waals surface area contributed by atoms with Gasteiger partial charge in [0.2, 0.25) is 0 Å². The maximum Gasteiger partial charge on any atom is 0.330 e. The van der Waals surface area contributed by atoms with Crippen LogP contribution < -0.4 is 0 Å². The highest BCUT2D eigenvalue weighted by atomic mass is 32.1. The molecular formula is C96H129N3O6S3. The third-order valence-electron chi connectivity index (χ3n) is 24.1. The molecule has 0 unspecified atom stereocenters. The van der Waals surface area contributed by atoms with E-state index in [0.717, 1.165) is 91.7 Å². The van der Waals surface area contributed by atoms with E-state index < -0.39 is 18.1 Å². The molecule has 0 amide bonds. The smallest absolute Gasteiger partial charge is 0.330 e. The molecule has 0 N–H and O–H groups in total. The van der Waals surface area contributed by atoms with Crippen molar-refractivity contribution in [2.24, 2.45) is 32.7 Å². The SMILES string of the molecule is CCCCCCC1(CCCCCC)c2ccc(-c3ccc(C=N[C@H](C(=O)OC)C(C)C)s3)cc2-c2c1c1c(c3c2C(CCCCCC)(CCCCCC)c2ccc(-c4ccc(C=N[C@H](C(=O)OC)C(C)C)s4)cc2-3)C(CCCCCC)(CCCCCC)c2ccc(-c3ccc(C=N[C@H](C(=O)OC)C(C)C)s3)cc2-1. The molecule has 582 valence electrons. The largest absolute Gasteiger partial charge is 0.467 e. The van der Waals surface area contributed by atoms with E-state index in [9.17, 15) is 14.4 Å². The summed E-state index contributed by atoms with van der Waals surface area (Å²) in [7, 11) is 4.37. The zero-order valence-corrected chi connectivity index (χ0v) is 71.0. The number of carbonyl (C=O) groups excluding carboxylic acids is 3. The Bertz CT molecular complexity index is 3750. The van der Waals surface area contributed by atoms with Crippen LogP contribution in [0, 0.1) is 17.8 Å². The molecular weight excluding hydrogens is 1390 g/mol. The topological polar surface area (TPSA) is 116 Å². The average Bonchev–Trinajstić information content (AvgIpc) is 1.48. The van der Waals surface area contributed by atoms with Crippen LogP contribution in [-0.2, 0) is 44.8 Å². The van der Waals surface area contributed by atoms with E-state index >= 15 is 0 Å². The molecule has 0 bridgehead atoms. The van der Waals surface area contributed by atoms with Gasteiger partial charge in [-0.1, -0.05) is 274 Å². The highest BCUT2D eigenvalue weighted by Gasteiger charge is 2.58. The lowest BCUT2D eigenvalue weighted by molar-refractivity contribution is -0.143. The van der Waals surface area contributed by atoms with Crippen LogP contribution in [0.25, 0.3) is 64.7 Å². The van der Waals surface area contributed by atoms with Crippen molar-refractivity contribution >= 4 is 70.6 Å². The Kier molecular flexibility index (Phi) is 30.7. The average molecular weight is 1520 g/mol. The number of unbranched alkanes of at least 4 members (excludes halogenated alkanes) is 18. The minimum Gasteiger partial charge on any atom is -0.467 e. The van der Waals surface area contributed by atoms with E-state index in [1.165, 1.54) is 218 Å². The highest BCUT2D eigenvalue weighted by molar-refractivity contribution is 7.17. The second kappa shape index (κ2) is 39.5. The summed E-state index contributed by atoms with van der Waals surface area (Å²) < 4.78 is 15.8. The fraction of sp³-hybridized carbons (Fsp3) is 0.562. The molecule has 9 nitrogen and oxygen atoms in total. The van der Waals surface area contributed by atoms with Crippen molar-refractivity contribution in [3.63, 3.8) is 0 Å².